The molecule has 0 unspecified atom stereocenters. The van der Waals surface area contributed by atoms with Gasteiger partial charge in [0.25, 0.3) is 0 Å². The van der Waals surface area contributed by atoms with Crippen LogP contribution in [0, 0.1) is 0 Å². The summed E-state index contributed by atoms with van der Waals surface area (Å²) in [6, 6.07) is 10.8. The fourth-order valence-electron chi connectivity index (χ4n) is 1.60. The lowest BCUT2D eigenvalue weighted by molar-refractivity contribution is 0.101. The molecular weight excluding hydrogens is 301 g/mol. The van der Waals surface area contributed by atoms with Crippen LogP contribution in [0.1, 0.15) is 17.3 Å². The molecular formula is C14H11Cl2NOS. The number of hydrogen-bond donors (Lipinski definition) is 1. The van der Waals surface area contributed by atoms with Crippen molar-refractivity contribution in [3.8, 4) is 0 Å². The Balaban J connectivity index is 2.26. The van der Waals surface area contributed by atoms with Gasteiger partial charge in [0.1, 0.15) is 0 Å². The minimum atomic E-state index is -0.0383. The Morgan fingerprint density at radius 1 is 1.05 bits per heavy atom. The highest BCUT2D eigenvalue weighted by atomic mass is 35.5. The smallest absolute Gasteiger partial charge is 0.161 e. The molecule has 2 rings (SSSR count). The van der Waals surface area contributed by atoms with E-state index in [0.717, 1.165) is 9.79 Å². The van der Waals surface area contributed by atoms with Crippen LogP contribution in [-0.4, -0.2) is 5.78 Å². The number of halogens is 2. The van der Waals surface area contributed by atoms with Gasteiger partial charge in [0.05, 0.1) is 10.0 Å². The molecule has 0 aromatic heterocycles. The van der Waals surface area contributed by atoms with Crippen molar-refractivity contribution in [2.45, 2.75) is 16.7 Å². The molecule has 0 saturated heterocycles. The van der Waals surface area contributed by atoms with E-state index in [1.807, 2.05) is 12.1 Å². The van der Waals surface area contributed by atoms with Crippen molar-refractivity contribution in [3.63, 3.8) is 0 Å². The molecule has 0 aliphatic heterocycles. The third-order valence-electron chi connectivity index (χ3n) is 2.53. The van der Waals surface area contributed by atoms with Gasteiger partial charge in [-0.3, -0.25) is 4.79 Å². The standard InChI is InChI=1S/C14H11Cl2NOS/c1-8(18)11-4-2-10(7-14(11)17)19-9-3-5-12(15)13(16)6-9/h2-7H,17H2,1H3. The lowest BCUT2D eigenvalue weighted by Crippen LogP contribution is -1.99. The fraction of sp³-hybridized carbons (Fsp3) is 0.0714. The second-order valence-corrected chi connectivity index (χ2v) is 5.94. The first-order valence-electron chi connectivity index (χ1n) is 5.51. The average molecular weight is 312 g/mol. The number of ketones is 1. The summed E-state index contributed by atoms with van der Waals surface area (Å²) in [5.41, 5.74) is 6.87. The van der Waals surface area contributed by atoms with E-state index in [2.05, 4.69) is 0 Å². The van der Waals surface area contributed by atoms with Crippen LogP contribution >= 0.6 is 35.0 Å². The van der Waals surface area contributed by atoms with Crippen LogP contribution in [0.4, 0.5) is 5.69 Å². The second-order valence-electron chi connectivity index (χ2n) is 3.98. The third kappa shape index (κ3) is 3.44. The molecule has 2 N–H and O–H groups in total. The largest absolute Gasteiger partial charge is 0.398 e. The first kappa shape index (κ1) is 14.3. The molecule has 2 nitrogen and oxygen atoms in total. The van der Waals surface area contributed by atoms with E-state index < -0.39 is 0 Å². The monoisotopic (exact) mass is 311 g/mol. The molecule has 0 heterocycles. The van der Waals surface area contributed by atoms with Gasteiger partial charge < -0.3 is 5.73 Å². The lowest BCUT2D eigenvalue weighted by Gasteiger charge is -2.06. The summed E-state index contributed by atoms with van der Waals surface area (Å²) in [7, 11) is 0. The van der Waals surface area contributed by atoms with Gasteiger partial charge in [-0.1, -0.05) is 35.0 Å². The van der Waals surface area contributed by atoms with Crippen molar-refractivity contribution < 1.29 is 4.79 Å². The number of benzene rings is 2. The maximum atomic E-state index is 11.3. The highest BCUT2D eigenvalue weighted by Crippen LogP contribution is 2.33. The van der Waals surface area contributed by atoms with Crippen molar-refractivity contribution in [2.24, 2.45) is 0 Å². The maximum absolute atomic E-state index is 11.3. The number of nitrogens with two attached hydrogens (primary N) is 1. The number of hydrogen-bond acceptors (Lipinski definition) is 3. The number of carbonyl (C=O) groups excluding carboxylic acids is 1. The second kappa shape index (κ2) is 5.87. The van der Waals surface area contributed by atoms with E-state index in [9.17, 15) is 4.79 Å². The van der Waals surface area contributed by atoms with Crippen molar-refractivity contribution in [1.82, 2.24) is 0 Å². The zero-order valence-corrected chi connectivity index (χ0v) is 12.4. The molecule has 98 valence electrons. The van der Waals surface area contributed by atoms with Crippen molar-refractivity contribution in [3.05, 3.63) is 52.0 Å². The molecule has 0 amide bonds. The Bertz CT molecular complexity index is 643. The molecule has 0 spiro atoms. The maximum Gasteiger partial charge on any atom is 0.161 e. The van der Waals surface area contributed by atoms with E-state index in [-0.39, 0.29) is 5.78 Å². The van der Waals surface area contributed by atoms with Gasteiger partial charge in [0.15, 0.2) is 5.78 Å². The highest BCUT2D eigenvalue weighted by molar-refractivity contribution is 7.99. The predicted molar refractivity (Wildman–Crippen MR) is 81.4 cm³/mol. The zero-order valence-electron chi connectivity index (χ0n) is 10.1. The van der Waals surface area contributed by atoms with Crippen LogP contribution in [0.2, 0.25) is 10.0 Å². The van der Waals surface area contributed by atoms with Crippen LogP contribution < -0.4 is 5.73 Å². The Morgan fingerprint density at radius 3 is 2.26 bits per heavy atom. The molecule has 2 aromatic carbocycles. The summed E-state index contributed by atoms with van der Waals surface area (Å²) in [6.07, 6.45) is 0. The summed E-state index contributed by atoms with van der Waals surface area (Å²) in [6.45, 7) is 1.50. The van der Waals surface area contributed by atoms with Gasteiger partial charge in [-0.2, -0.15) is 0 Å². The molecule has 2 aromatic rings. The van der Waals surface area contributed by atoms with Crippen LogP contribution in [0.15, 0.2) is 46.2 Å². The Labute approximate surface area is 125 Å². The SMILES string of the molecule is CC(=O)c1ccc(Sc2ccc(Cl)c(Cl)c2)cc1N. The minimum absolute atomic E-state index is 0.0383. The quantitative estimate of drug-likeness (QED) is 0.645. The molecule has 0 saturated carbocycles. The average Bonchev–Trinajstić information content (AvgIpc) is 2.33. The van der Waals surface area contributed by atoms with Crippen LogP contribution in [0.25, 0.3) is 0 Å². The Morgan fingerprint density at radius 2 is 1.68 bits per heavy atom. The van der Waals surface area contributed by atoms with E-state index in [1.54, 1.807) is 24.3 Å². The lowest BCUT2D eigenvalue weighted by atomic mass is 10.1. The van der Waals surface area contributed by atoms with Gasteiger partial charge in [-0.25, -0.2) is 0 Å². The number of carbonyl (C=O) groups is 1. The van der Waals surface area contributed by atoms with Crippen LogP contribution in [0.5, 0.6) is 0 Å². The summed E-state index contributed by atoms with van der Waals surface area (Å²) < 4.78 is 0. The molecule has 0 fully saturated rings. The highest BCUT2D eigenvalue weighted by Gasteiger charge is 2.07. The minimum Gasteiger partial charge on any atom is -0.398 e. The van der Waals surface area contributed by atoms with Gasteiger partial charge in [0.2, 0.25) is 0 Å². The van der Waals surface area contributed by atoms with E-state index >= 15 is 0 Å². The van der Waals surface area contributed by atoms with E-state index in [4.69, 9.17) is 28.9 Å². The van der Waals surface area contributed by atoms with E-state index in [0.29, 0.717) is 21.3 Å². The number of nitrogen functional groups attached to an aromatic ring is 1. The topological polar surface area (TPSA) is 43.1 Å². The summed E-state index contributed by atoms with van der Waals surface area (Å²) in [5.74, 6) is -0.0383. The van der Waals surface area contributed by atoms with Gasteiger partial charge >= 0.3 is 0 Å². The fourth-order valence-corrected chi connectivity index (χ4v) is 2.87. The molecule has 0 atom stereocenters. The van der Waals surface area contributed by atoms with Crippen LogP contribution in [0.3, 0.4) is 0 Å². The third-order valence-corrected chi connectivity index (χ3v) is 4.25. The Hall–Kier alpha value is -1.16. The van der Waals surface area contributed by atoms with E-state index in [1.165, 1.54) is 18.7 Å². The number of anilines is 1. The van der Waals surface area contributed by atoms with Gasteiger partial charge in [-0.05, 0) is 43.3 Å². The first-order valence-corrected chi connectivity index (χ1v) is 7.08. The molecule has 0 aliphatic rings. The van der Waals surface area contributed by atoms with Crippen molar-refractivity contribution in [1.29, 1.82) is 0 Å². The van der Waals surface area contributed by atoms with Crippen molar-refractivity contribution >= 4 is 46.4 Å². The predicted octanol–water partition coefficient (Wildman–Crippen LogP) is 4.93. The van der Waals surface area contributed by atoms with Crippen molar-refractivity contribution in [2.75, 3.05) is 5.73 Å². The molecule has 0 radical (unpaired) electrons. The molecule has 0 bridgehead atoms. The zero-order chi connectivity index (χ0) is 14.0. The van der Waals surface area contributed by atoms with Crippen LogP contribution in [-0.2, 0) is 0 Å². The van der Waals surface area contributed by atoms with Gasteiger partial charge in [0, 0.05) is 21.0 Å². The summed E-state index contributed by atoms with van der Waals surface area (Å²) in [5, 5.41) is 1.04. The Kier molecular flexibility index (Phi) is 4.40. The number of Topliss-reactive ketones (excluding diaryl/α,β-unsaturated/α-hetero) is 1. The summed E-state index contributed by atoms with van der Waals surface area (Å²) in [4.78, 5) is 13.2. The molecule has 0 aliphatic carbocycles. The van der Waals surface area contributed by atoms with Gasteiger partial charge in [-0.15, -0.1) is 0 Å². The first-order chi connectivity index (χ1) is 8.97. The summed E-state index contributed by atoms with van der Waals surface area (Å²) >= 11 is 13.3. The molecule has 19 heavy (non-hydrogen) atoms. The normalized spacial score (nSPS) is 10.5. The molecule has 5 heteroatoms. The number of rotatable bonds is 3.